The van der Waals surface area contributed by atoms with Crippen molar-refractivity contribution >= 4 is 28.9 Å². The van der Waals surface area contributed by atoms with E-state index in [0.29, 0.717) is 26.9 Å². The Morgan fingerprint density at radius 2 is 1.88 bits per heavy atom. The van der Waals surface area contributed by atoms with E-state index in [9.17, 15) is 9.50 Å². The van der Waals surface area contributed by atoms with Crippen molar-refractivity contribution in [1.29, 1.82) is 0 Å². The number of anilines is 1. The van der Waals surface area contributed by atoms with Gasteiger partial charge in [-0.05, 0) is 35.9 Å². The largest absolute Gasteiger partial charge is 0.394 e. The maximum Gasteiger partial charge on any atom is 0.131 e. The molecule has 3 nitrogen and oxygen atoms in total. The number of nitrogens with one attached hydrogen (secondary N) is 1. The first kappa shape index (κ1) is 17.7. The van der Waals surface area contributed by atoms with E-state index < -0.39 is 6.04 Å². The van der Waals surface area contributed by atoms with Crippen molar-refractivity contribution in [3.63, 3.8) is 0 Å². The normalized spacial score (nSPS) is 12.0. The Labute approximate surface area is 155 Å². The number of nitrogens with zero attached hydrogens (tertiary/aromatic N) is 1. The van der Waals surface area contributed by atoms with Crippen LogP contribution in [0, 0.1) is 5.82 Å². The van der Waals surface area contributed by atoms with E-state index in [2.05, 4.69) is 10.3 Å². The number of hydrogen-bond donors (Lipinski definition) is 2. The molecular weight excluding hydrogens is 362 g/mol. The van der Waals surface area contributed by atoms with Crippen LogP contribution in [0.5, 0.6) is 0 Å². The molecule has 0 amide bonds. The topological polar surface area (TPSA) is 45.1 Å². The van der Waals surface area contributed by atoms with Crippen molar-refractivity contribution in [2.24, 2.45) is 0 Å². The first-order valence-corrected chi connectivity index (χ1v) is 8.36. The van der Waals surface area contributed by atoms with Crippen molar-refractivity contribution in [3.8, 4) is 11.1 Å². The minimum Gasteiger partial charge on any atom is -0.394 e. The zero-order chi connectivity index (χ0) is 17.8. The number of rotatable bonds is 5. The fraction of sp³-hybridized carbons (Fsp3) is 0.105. The lowest BCUT2D eigenvalue weighted by Gasteiger charge is -2.19. The Morgan fingerprint density at radius 1 is 1.08 bits per heavy atom. The molecule has 0 saturated heterocycles. The van der Waals surface area contributed by atoms with Gasteiger partial charge in [0.1, 0.15) is 5.82 Å². The Bertz CT molecular complexity index is 889. The van der Waals surface area contributed by atoms with Crippen LogP contribution in [0.3, 0.4) is 0 Å². The van der Waals surface area contributed by atoms with Crippen LogP contribution in [0.15, 0.2) is 60.9 Å². The molecule has 0 spiro atoms. The van der Waals surface area contributed by atoms with Gasteiger partial charge in [0.2, 0.25) is 0 Å². The fourth-order valence-electron chi connectivity index (χ4n) is 2.57. The zero-order valence-electron chi connectivity index (χ0n) is 13.1. The number of aliphatic hydroxyl groups excluding tert-OH is 1. The highest BCUT2D eigenvalue weighted by Crippen LogP contribution is 2.30. The monoisotopic (exact) mass is 376 g/mol. The summed E-state index contributed by atoms with van der Waals surface area (Å²) in [5, 5.41) is 13.9. The predicted molar refractivity (Wildman–Crippen MR) is 99.5 cm³/mol. The summed E-state index contributed by atoms with van der Waals surface area (Å²) in [7, 11) is 0. The third kappa shape index (κ3) is 4.10. The van der Waals surface area contributed by atoms with Crippen LogP contribution in [0.25, 0.3) is 11.1 Å². The van der Waals surface area contributed by atoms with Crippen LogP contribution in [0.2, 0.25) is 10.0 Å². The number of benzene rings is 2. The summed E-state index contributed by atoms with van der Waals surface area (Å²) in [6.07, 6.45) is 3.16. The Balaban J connectivity index is 1.91. The fourth-order valence-corrected chi connectivity index (χ4v) is 3.01. The molecule has 0 bridgehead atoms. The SMILES string of the molecule is OC[C@H](Nc1cncc(-c2cc(Cl)ccc2F)c1)c1ccccc1Cl. The zero-order valence-corrected chi connectivity index (χ0v) is 14.6. The van der Waals surface area contributed by atoms with Crippen LogP contribution in [0.4, 0.5) is 10.1 Å². The molecule has 0 saturated carbocycles. The lowest BCUT2D eigenvalue weighted by atomic mass is 10.1. The molecule has 1 atom stereocenters. The highest BCUT2D eigenvalue weighted by molar-refractivity contribution is 6.31. The first-order valence-electron chi connectivity index (χ1n) is 7.61. The maximum atomic E-state index is 14.1. The molecule has 1 heterocycles. The first-order chi connectivity index (χ1) is 12.1. The van der Waals surface area contributed by atoms with Gasteiger partial charge in [-0.1, -0.05) is 41.4 Å². The van der Waals surface area contributed by atoms with Crippen molar-refractivity contribution in [1.82, 2.24) is 4.98 Å². The molecule has 0 aliphatic rings. The molecule has 2 aromatic carbocycles. The second-order valence-corrected chi connectivity index (χ2v) is 6.33. The summed E-state index contributed by atoms with van der Waals surface area (Å²) in [5.74, 6) is -0.381. The van der Waals surface area contributed by atoms with Gasteiger partial charge in [-0.3, -0.25) is 4.98 Å². The summed E-state index contributed by atoms with van der Waals surface area (Å²) < 4.78 is 14.1. The van der Waals surface area contributed by atoms with Crippen LogP contribution < -0.4 is 5.32 Å². The number of pyridine rings is 1. The Morgan fingerprint density at radius 3 is 2.64 bits per heavy atom. The molecule has 2 N–H and O–H groups in total. The van der Waals surface area contributed by atoms with Gasteiger partial charge in [0.05, 0.1) is 18.3 Å². The van der Waals surface area contributed by atoms with Gasteiger partial charge < -0.3 is 10.4 Å². The number of halogens is 3. The van der Waals surface area contributed by atoms with Crippen LogP contribution in [-0.2, 0) is 0 Å². The third-order valence-electron chi connectivity index (χ3n) is 3.78. The molecule has 3 aromatic rings. The quantitative estimate of drug-likeness (QED) is 0.631. The van der Waals surface area contributed by atoms with Crippen molar-refractivity contribution in [2.45, 2.75) is 6.04 Å². The molecule has 1 aromatic heterocycles. The molecule has 6 heteroatoms. The molecule has 0 aliphatic heterocycles. The summed E-state index contributed by atoms with van der Waals surface area (Å²) >= 11 is 12.2. The van der Waals surface area contributed by atoms with Crippen LogP contribution in [-0.4, -0.2) is 16.7 Å². The molecule has 0 aliphatic carbocycles. The van der Waals surface area contributed by atoms with E-state index in [-0.39, 0.29) is 12.4 Å². The van der Waals surface area contributed by atoms with Crippen molar-refractivity contribution in [3.05, 3.63) is 82.4 Å². The van der Waals surface area contributed by atoms with E-state index in [4.69, 9.17) is 23.2 Å². The van der Waals surface area contributed by atoms with Gasteiger partial charge in [0, 0.05) is 33.6 Å². The third-order valence-corrected chi connectivity index (χ3v) is 4.36. The number of hydrogen-bond acceptors (Lipinski definition) is 3. The van der Waals surface area contributed by atoms with Gasteiger partial charge >= 0.3 is 0 Å². The highest BCUT2D eigenvalue weighted by atomic mass is 35.5. The van der Waals surface area contributed by atoms with Gasteiger partial charge in [0.25, 0.3) is 0 Å². The highest BCUT2D eigenvalue weighted by Gasteiger charge is 2.14. The maximum absolute atomic E-state index is 14.1. The van der Waals surface area contributed by atoms with Gasteiger partial charge in [-0.25, -0.2) is 4.39 Å². The summed E-state index contributed by atoms with van der Waals surface area (Å²) in [4.78, 5) is 4.15. The van der Waals surface area contributed by atoms with E-state index in [1.54, 1.807) is 30.6 Å². The standard InChI is InChI=1S/C19H15Cl2FN2O/c20-13-5-6-18(22)16(8-13)12-7-14(10-23-9-12)24-19(11-25)15-3-1-2-4-17(15)21/h1-10,19,24-25H,11H2/t19-/m0/s1. The lowest BCUT2D eigenvalue weighted by molar-refractivity contribution is 0.276. The van der Waals surface area contributed by atoms with Crippen LogP contribution in [0.1, 0.15) is 11.6 Å². The molecule has 0 fully saturated rings. The van der Waals surface area contributed by atoms with Gasteiger partial charge in [0.15, 0.2) is 0 Å². The molecule has 25 heavy (non-hydrogen) atoms. The Kier molecular flexibility index (Phi) is 5.53. The molecular formula is C19H15Cl2FN2O. The molecule has 0 unspecified atom stereocenters. The van der Waals surface area contributed by atoms with E-state index in [0.717, 1.165) is 5.56 Å². The minimum absolute atomic E-state index is 0.153. The van der Waals surface area contributed by atoms with E-state index in [1.807, 2.05) is 18.2 Å². The second kappa shape index (κ2) is 7.83. The van der Waals surface area contributed by atoms with Crippen molar-refractivity contribution in [2.75, 3.05) is 11.9 Å². The smallest absolute Gasteiger partial charge is 0.131 e. The van der Waals surface area contributed by atoms with E-state index in [1.165, 1.54) is 12.1 Å². The predicted octanol–water partition coefficient (Wildman–Crippen LogP) is 5.34. The molecule has 128 valence electrons. The average molecular weight is 377 g/mol. The molecule has 0 radical (unpaired) electrons. The lowest BCUT2D eigenvalue weighted by Crippen LogP contribution is -2.15. The van der Waals surface area contributed by atoms with E-state index >= 15 is 0 Å². The second-order valence-electron chi connectivity index (χ2n) is 5.49. The molecule has 3 rings (SSSR count). The summed E-state index contributed by atoms with van der Waals surface area (Å²) in [6, 6.07) is 13.0. The average Bonchev–Trinajstić information content (AvgIpc) is 2.62. The van der Waals surface area contributed by atoms with Gasteiger partial charge in [-0.2, -0.15) is 0 Å². The minimum atomic E-state index is -0.407. The summed E-state index contributed by atoms with van der Waals surface area (Å²) in [5.41, 5.74) is 2.35. The van der Waals surface area contributed by atoms with Gasteiger partial charge in [-0.15, -0.1) is 0 Å². The van der Waals surface area contributed by atoms with Crippen LogP contribution >= 0.6 is 23.2 Å². The number of aliphatic hydroxyl groups is 1. The summed E-state index contributed by atoms with van der Waals surface area (Å²) in [6.45, 7) is -0.153. The Hall–Kier alpha value is -2.14. The number of aromatic nitrogens is 1. The van der Waals surface area contributed by atoms with Crippen molar-refractivity contribution < 1.29 is 9.50 Å².